The average Bonchev–Trinajstić information content (AvgIpc) is 1.97. The fourth-order valence-corrected chi connectivity index (χ4v) is 2.49. The molecule has 0 radical (unpaired) electrons. The predicted octanol–water partition coefficient (Wildman–Crippen LogP) is 1.51. The van der Waals surface area contributed by atoms with E-state index in [2.05, 4.69) is 20.8 Å². The van der Waals surface area contributed by atoms with Crippen molar-refractivity contribution in [1.82, 2.24) is 0 Å². The van der Waals surface area contributed by atoms with Crippen LogP contribution in [0.2, 0.25) is 0 Å². The topological polar surface area (TPSA) is 20.2 Å². The Morgan fingerprint density at radius 1 is 1.56 bits per heavy atom. The van der Waals surface area contributed by atoms with Crippen molar-refractivity contribution in [3.8, 4) is 0 Å². The normalized spacial score (nSPS) is 41.3. The number of rotatable bonds is 0. The van der Waals surface area contributed by atoms with Gasteiger partial charge in [-0.1, -0.05) is 6.92 Å². The summed E-state index contributed by atoms with van der Waals surface area (Å²) in [5.74, 6) is 1.58. The highest BCUT2D eigenvalue weighted by molar-refractivity contribution is 8.00. The van der Waals surface area contributed by atoms with Gasteiger partial charge in [-0.15, -0.1) is 0 Å². The molecule has 0 saturated carbocycles. The molecule has 1 rings (SSSR count). The van der Waals surface area contributed by atoms with Gasteiger partial charge in [-0.25, -0.2) is 0 Å². The number of hydrogen-bond donors (Lipinski definition) is 1. The van der Waals surface area contributed by atoms with E-state index < -0.39 is 0 Å². The zero-order valence-electron chi connectivity index (χ0n) is 6.22. The minimum atomic E-state index is -0.109. The molecule has 2 atom stereocenters. The van der Waals surface area contributed by atoms with Crippen molar-refractivity contribution in [2.24, 2.45) is 5.92 Å². The molecule has 0 aliphatic carbocycles. The van der Waals surface area contributed by atoms with Gasteiger partial charge in [0.25, 0.3) is 0 Å². The van der Waals surface area contributed by atoms with Gasteiger partial charge < -0.3 is 5.11 Å². The SMILES string of the molecule is C[C@@H]1CSC(C)(C)[C@@H]1O. The van der Waals surface area contributed by atoms with Crippen LogP contribution in [0.1, 0.15) is 20.8 Å². The van der Waals surface area contributed by atoms with E-state index in [1.807, 2.05) is 11.8 Å². The summed E-state index contributed by atoms with van der Waals surface area (Å²) in [4.78, 5) is 0. The summed E-state index contributed by atoms with van der Waals surface area (Å²) in [5, 5.41) is 9.50. The van der Waals surface area contributed by atoms with Gasteiger partial charge in [-0.05, 0) is 25.5 Å². The second-order valence-electron chi connectivity index (χ2n) is 3.34. The molecule has 1 saturated heterocycles. The third-order valence-electron chi connectivity index (χ3n) is 1.97. The molecule has 0 aromatic carbocycles. The van der Waals surface area contributed by atoms with Gasteiger partial charge in [0.15, 0.2) is 0 Å². The number of thioether (sulfide) groups is 1. The summed E-state index contributed by atoms with van der Waals surface area (Å²) in [6.45, 7) is 6.31. The van der Waals surface area contributed by atoms with Crippen LogP contribution in [0, 0.1) is 5.92 Å². The summed E-state index contributed by atoms with van der Waals surface area (Å²) in [6, 6.07) is 0. The van der Waals surface area contributed by atoms with Crippen molar-refractivity contribution in [3.63, 3.8) is 0 Å². The first-order chi connectivity index (χ1) is 4.04. The lowest BCUT2D eigenvalue weighted by Crippen LogP contribution is -2.31. The van der Waals surface area contributed by atoms with E-state index in [1.165, 1.54) is 0 Å². The summed E-state index contributed by atoms with van der Waals surface area (Å²) >= 11 is 1.87. The van der Waals surface area contributed by atoms with Gasteiger partial charge >= 0.3 is 0 Å². The second kappa shape index (κ2) is 2.17. The van der Waals surface area contributed by atoms with Gasteiger partial charge in [-0.2, -0.15) is 11.8 Å². The van der Waals surface area contributed by atoms with Crippen molar-refractivity contribution in [1.29, 1.82) is 0 Å². The first kappa shape index (κ1) is 7.42. The predicted molar refractivity (Wildman–Crippen MR) is 41.7 cm³/mol. The third-order valence-corrected chi connectivity index (χ3v) is 3.65. The molecule has 0 aromatic rings. The van der Waals surface area contributed by atoms with E-state index in [1.54, 1.807) is 0 Å². The fraction of sp³-hybridized carbons (Fsp3) is 1.00. The molecule has 0 spiro atoms. The molecular formula is C7H14OS. The van der Waals surface area contributed by atoms with Crippen LogP contribution in [0.5, 0.6) is 0 Å². The lowest BCUT2D eigenvalue weighted by Gasteiger charge is -2.22. The summed E-state index contributed by atoms with van der Waals surface area (Å²) in [6.07, 6.45) is -0.109. The standard InChI is InChI=1S/C7H14OS/c1-5-4-9-7(2,3)6(5)8/h5-6,8H,4H2,1-3H3/t5-,6-/m1/s1. The molecule has 54 valence electrons. The minimum absolute atomic E-state index is 0.0966. The maximum atomic E-state index is 9.50. The van der Waals surface area contributed by atoms with Crippen LogP contribution in [0.4, 0.5) is 0 Å². The fourth-order valence-electron chi connectivity index (χ4n) is 1.21. The molecule has 1 N–H and O–H groups in total. The van der Waals surface area contributed by atoms with E-state index >= 15 is 0 Å². The lowest BCUT2D eigenvalue weighted by molar-refractivity contribution is 0.108. The Bertz CT molecular complexity index is 111. The highest BCUT2D eigenvalue weighted by Crippen LogP contribution is 2.40. The Kier molecular flexibility index (Phi) is 1.79. The molecule has 1 aliphatic heterocycles. The molecule has 0 bridgehead atoms. The molecule has 1 fully saturated rings. The number of aliphatic hydroxyl groups is 1. The minimum Gasteiger partial charge on any atom is -0.391 e. The molecule has 1 heterocycles. The van der Waals surface area contributed by atoms with E-state index in [9.17, 15) is 5.11 Å². The van der Waals surface area contributed by atoms with Gasteiger partial charge in [0, 0.05) is 4.75 Å². The quantitative estimate of drug-likeness (QED) is 0.559. The Balaban J connectivity index is 2.62. The van der Waals surface area contributed by atoms with Crippen molar-refractivity contribution in [2.75, 3.05) is 5.75 Å². The average molecular weight is 146 g/mol. The molecule has 1 aliphatic rings. The van der Waals surface area contributed by atoms with Gasteiger partial charge in [0.1, 0.15) is 0 Å². The second-order valence-corrected chi connectivity index (χ2v) is 5.01. The Morgan fingerprint density at radius 2 is 2.11 bits per heavy atom. The molecular weight excluding hydrogens is 132 g/mol. The van der Waals surface area contributed by atoms with Crippen LogP contribution in [-0.4, -0.2) is 21.7 Å². The number of aliphatic hydroxyl groups excluding tert-OH is 1. The largest absolute Gasteiger partial charge is 0.391 e. The third kappa shape index (κ3) is 1.24. The first-order valence-corrected chi connectivity index (χ1v) is 4.34. The molecule has 0 aromatic heterocycles. The van der Waals surface area contributed by atoms with Crippen LogP contribution in [-0.2, 0) is 0 Å². The lowest BCUT2D eigenvalue weighted by atomic mass is 9.97. The van der Waals surface area contributed by atoms with Crippen molar-refractivity contribution in [2.45, 2.75) is 31.6 Å². The van der Waals surface area contributed by atoms with Gasteiger partial charge in [0.2, 0.25) is 0 Å². The Morgan fingerprint density at radius 3 is 2.22 bits per heavy atom. The molecule has 1 nitrogen and oxygen atoms in total. The van der Waals surface area contributed by atoms with Crippen molar-refractivity contribution >= 4 is 11.8 Å². The Hall–Kier alpha value is 0.310. The van der Waals surface area contributed by atoms with Crippen LogP contribution < -0.4 is 0 Å². The monoisotopic (exact) mass is 146 g/mol. The van der Waals surface area contributed by atoms with Crippen LogP contribution in [0.3, 0.4) is 0 Å². The van der Waals surface area contributed by atoms with Crippen molar-refractivity contribution < 1.29 is 5.11 Å². The highest BCUT2D eigenvalue weighted by Gasteiger charge is 2.38. The molecule has 9 heavy (non-hydrogen) atoms. The smallest absolute Gasteiger partial charge is 0.0714 e. The summed E-state index contributed by atoms with van der Waals surface area (Å²) in [7, 11) is 0. The molecule has 0 unspecified atom stereocenters. The van der Waals surface area contributed by atoms with Crippen LogP contribution >= 0.6 is 11.8 Å². The van der Waals surface area contributed by atoms with E-state index in [4.69, 9.17) is 0 Å². The maximum Gasteiger partial charge on any atom is 0.0714 e. The summed E-state index contributed by atoms with van der Waals surface area (Å²) in [5.41, 5.74) is 0. The van der Waals surface area contributed by atoms with E-state index in [0.29, 0.717) is 5.92 Å². The van der Waals surface area contributed by atoms with Crippen molar-refractivity contribution in [3.05, 3.63) is 0 Å². The van der Waals surface area contributed by atoms with E-state index in [-0.39, 0.29) is 10.9 Å². The van der Waals surface area contributed by atoms with Gasteiger partial charge in [0.05, 0.1) is 6.10 Å². The maximum absolute atomic E-state index is 9.50. The van der Waals surface area contributed by atoms with Gasteiger partial charge in [-0.3, -0.25) is 0 Å². The first-order valence-electron chi connectivity index (χ1n) is 3.36. The Labute approximate surface area is 60.8 Å². The number of hydrogen-bond acceptors (Lipinski definition) is 2. The summed E-state index contributed by atoms with van der Waals surface area (Å²) < 4.78 is 0.0966. The highest BCUT2D eigenvalue weighted by atomic mass is 32.2. The van der Waals surface area contributed by atoms with Crippen LogP contribution in [0.25, 0.3) is 0 Å². The zero-order valence-corrected chi connectivity index (χ0v) is 7.03. The van der Waals surface area contributed by atoms with Crippen LogP contribution in [0.15, 0.2) is 0 Å². The molecule has 0 amide bonds. The molecule has 2 heteroatoms. The van der Waals surface area contributed by atoms with E-state index in [0.717, 1.165) is 5.75 Å². The zero-order chi connectivity index (χ0) is 7.07.